The Morgan fingerprint density at radius 1 is 1.14 bits per heavy atom. The average molecular weight is 306 g/mol. The molecule has 0 bridgehead atoms. The van der Waals surface area contributed by atoms with Gasteiger partial charge >= 0.3 is 6.18 Å². The van der Waals surface area contributed by atoms with Crippen LogP contribution < -0.4 is 5.32 Å². The lowest BCUT2D eigenvalue weighted by Crippen LogP contribution is -2.51. The minimum absolute atomic E-state index is 0.0313. The molecule has 3 atom stereocenters. The lowest BCUT2D eigenvalue weighted by atomic mass is 9.85. The van der Waals surface area contributed by atoms with Crippen molar-refractivity contribution >= 4 is 5.91 Å². The summed E-state index contributed by atoms with van der Waals surface area (Å²) in [6.45, 7) is 3.33. The number of likely N-dealkylation sites (tertiary alicyclic amines) is 1. The van der Waals surface area contributed by atoms with E-state index in [0.717, 1.165) is 38.8 Å². The van der Waals surface area contributed by atoms with Gasteiger partial charge in [0.1, 0.15) is 0 Å². The van der Waals surface area contributed by atoms with E-state index >= 15 is 0 Å². The Morgan fingerprint density at radius 3 is 2.43 bits per heavy atom. The molecule has 3 nitrogen and oxygen atoms in total. The van der Waals surface area contributed by atoms with Gasteiger partial charge in [-0.2, -0.15) is 13.2 Å². The Hall–Kier alpha value is -0.780. The molecule has 21 heavy (non-hydrogen) atoms. The molecule has 0 unspecified atom stereocenters. The standard InChI is InChI=1S/C15H25F3N2O/c1-11(14(21)20-8-3-2-4-9-20)19-13-7-5-6-12(10-13)15(16,17)18/h11-13,19H,2-10H2,1H3/t11-,12+,13-/m0/s1. The van der Waals surface area contributed by atoms with E-state index in [4.69, 9.17) is 0 Å². The number of rotatable bonds is 3. The van der Waals surface area contributed by atoms with Crippen LogP contribution in [-0.4, -0.2) is 42.2 Å². The Labute approximate surface area is 124 Å². The predicted molar refractivity (Wildman–Crippen MR) is 74.8 cm³/mol. The quantitative estimate of drug-likeness (QED) is 0.869. The van der Waals surface area contributed by atoms with E-state index in [1.165, 1.54) is 0 Å². The van der Waals surface area contributed by atoms with E-state index in [9.17, 15) is 18.0 Å². The van der Waals surface area contributed by atoms with E-state index in [2.05, 4.69) is 5.32 Å². The van der Waals surface area contributed by atoms with Crippen molar-refractivity contribution in [3.05, 3.63) is 0 Å². The molecule has 0 aromatic carbocycles. The fourth-order valence-corrected chi connectivity index (χ4v) is 3.45. The molecule has 122 valence electrons. The number of alkyl halides is 3. The van der Waals surface area contributed by atoms with Crippen LogP contribution >= 0.6 is 0 Å². The van der Waals surface area contributed by atoms with Crippen LogP contribution in [0.5, 0.6) is 0 Å². The average Bonchev–Trinajstić information content (AvgIpc) is 2.47. The van der Waals surface area contributed by atoms with Gasteiger partial charge in [-0.1, -0.05) is 6.42 Å². The highest BCUT2D eigenvalue weighted by atomic mass is 19.4. The van der Waals surface area contributed by atoms with Crippen LogP contribution in [-0.2, 0) is 4.79 Å². The zero-order valence-electron chi connectivity index (χ0n) is 12.6. The van der Waals surface area contributed by atoms with Crippen molar-refractivity contribution in [1.82, 2.24) is 10.2 Å². The fourth-order valence-electron chi connectivity index (χ4n) is 3.45. The number of halogens is 3. The maximum absolute atomic E-state index is 12.8. The second-order valence-electron chi connectivity index (χ2n) is 6.38. The summed E-state index contributed by atoms with van der Waals surface area (Å²) in [7, 11) is 0. The maximum atomic E-state index is 12.8. The molecule has 2 fully saturated rings. The van der Waals surface area contributed by atoms with Gasteiger partial charge in [-0.05, 0) is 45.4 Å². The molecule has 0 aromatic heterocycles. The summed E-state index contributed by atoms with van der Waals surface area (Å²) in [4.78, 5) is 14.1. The predicted octanol–water partition coefficient (Wildman–Crippen LogP) is 3.10. The first-order valence-electron chi connectivity index (χ1n) is 7.99. The third-order valence-electron chi connectivity index (χ3n) is 4.66. The highest BCUT2D eigenvalue weighted by Gasteiger charge is 2.42. The van der Waals surface area contributed by atoms with Crippen LogP contribution in [0, 0.1) is 5.92 Å². The van der Waals surface area contributed by atoms with Crippen molar-refractivity contribution in [3.63, 3.8) is 0 Å². The molecule has 2 rings (SSSR count). The first kappa shape index (κ1) is 16.6. The van der Waals surface area contributed by atoms with Gasteiger partial charge in [0, 0.05) is 19.1 Å². The van der Waals surface area contributed by atoms with Gasteiger partial charge in [0.15, 0.2) is 0 Å². The second-order valence-corrected chi connectivity index (χ2v) is 6.38. The van der Waals surface area contributed by atoms with E-state index in [0.29, 0.717) is 6.42 Å². The normalized spacial score (nSPS) is 29.2. The first-order valence-corrected chi connectivity index (χ1v) is 7.99. The molecule has 1 amide bonds. The molecule has 0 spiro atoms. The Balaban J connectivity index is 1.84. The second kappa shape index (κ2) is 6.99. The van der Waals surface area contributed by atoms with Crippen LogP contribution in [0.2, 0.25) is 0 Å². The van der Waals surface area contributed by atoms with Crippen LogP contribution in [0.1, 0.15) is 51.9 Å². The van der Waals surface area contributed by atoms with Crippen molar-refractivity contribution in [1.29, 1.82) is 0 Å². The maximum Gasteiger partial charge on any atom is 0.391 e. The van der Waals surface area contributed by atoms with Crippen molar-refractivity contribution in [2.45, 2.75) is 70.1 Å². The Kier molecular flexibility index (Phi) is 5.52. The van der Waals surface area contributed by atoms with E-state index in [1.807, 2.05) is 4.90 Å². The number of nitrogens with one attached hydrogen (secondary N) is 1. The highest BCUT2D eigenvalue weighted by molar-refractivity contribution is 5.81. The summed E-state index contributed by atoms with van der Waals surface area (Å²) in [5.41, 5.74) is 0. The van der Waals surface area contributed by atoms with E-state index in [-0.39, 0.29) is 30.8 Å². The molecule has 1 saturated carbocycles. The lowest BCUT2D eigenvalue weighted by molar-refractivity contribution is -0.183. The smallest absolute Gasteiger partial charge is 0.341 e. The topological polar surface area (TPSA) is 32.3 Å². The molecule has 1 saturated heterocycles. The van der Waals surface area contributed by atoms with Crippen LogP contribution in [0.4, 0.5) is 13.2 Å². The van der Waals surface area contributed by atoms with Gasteiger partial charge in [-0.15, -0.1) is 0 Å². The number of carbonyl (C=O) groups is 1. The molecule has 1 aliphatic carbocycles. The zero-order chi connectivity index (χ0) is 15.5. The number of piperidine rings is 1. The Morgan fingerprint density at radius 2 is 1.81 bits per heavy atom. The number of hydrogen-bond acceptors (Lipinski definition) is 2. The third kappa shape index (κ3) is 4.59. The largest absolute Gasteiger partial charge is 0.391 e. The summed E-state index contributed by atoms with van der Waals surface area (Å²) >= 11 is 0. The third-order valence-corrected chi connectivity index (χ3v) is 4.66. The van der Waals surface area contributed by atoms with Crippen molar-refractivity contribution in [3.8, 4) is 0 Å². The fraction of sp³-hybridized carbons (Fsp3) is 0.933. The van der Waals surface area contributed by atoms with Crippen LogP contribution in [0.25, 0.3) is 0 Å². The van der Waals surface area contributed by atoms with Crippen LogP contribution in [0.15, 0.2) is 0 Å². The molecule has 6 heteroatoms. The molecule has 1 aliphatic heterocycles. The number of nitrogens with zero attached hydrogens (tertiary/aromatic N) is 1. The molecule has 2 aliphatic rings. The first-order chi connectivity index (χ1) is 9.88. The van der Waals surface area contributed by atoms with Gasteiger partial charge in [-0.3, -0.25) is 4.79 Å². The molecule has 1 heterocycles. The molecule has 1 N–H and O–H groups in total. The van der Waals surface area contributed by atoms with Crippen molar-refractivity contribution in [2.75, 3.05) is 13.1 Å². The van der Waals surface area contributed by atoms with Gasteiger partial charge in [-0.25, -0.2) is 0 Å². The van der Waals surface area contributed by atoms with Gasteiger partial charge < -0.3 is 10.2 Å². The number of hydrogen-bond donors (Lipinski definition) is 1. The van der Waals surface area contributed by atoms with E-state index in [1.54, 1.807) is 6.92 Å². The summed E-state index contributed by atoms with van der Waals surface area (Å²) in [5.74, 6) is -1.19. The van der Waals surface area contributed by atoms with Crippen LogP contribution in [0.3, 0.4) is 0 Å². The monoisotopic (exact) mass is 306 g/mol. The summed E-state index contributed by atoms with van der Waals surface area (Å²) in [5, 5.41) is 3.13. The highest BCUT2D eigenvalue weighted by Crippen LogP contribution is 2.37. The van der Waals surface area contributed by atoms with Crippen molar-refractivity contribution < 1.29 is 18.0 Å². The number of amides is 1. The zero-order valence-corrected chi connectivity index (χ0v) is 12.6. The minimum Gasteiger partial charge on any atom is -0.341 e. The molecular weight excluding hydrogens is 281 g/mol. The summed E-state index contributed by atoms with van der Waals surface area (Å²) in [6.07, 6.45) is 0.714. The summed E-state index contributed by atoms with van der Waals surface area (Å²) in [6, 6.07) is -0.589. The molecule has 0 radical (unpaired) electrons. The summed E-state index contributed by atoms with van der Waals surface area (Å²) < 4.78 is 38.4. The Bertz CT molecular complexity index is 353. The minimum atomic E-state index is -4.11. The van der Waals surface area contributed by atoms with Gasteiger partial charge in [0.05, 0.1) is 12.0 Å². The molecule has 0 aromatic rings. The van der Waals surface area contributed by atoms with Crippen molar-refractivity contribution in [2.24, 2.45) is 5.92 Å². The molecular formula is C15H25F3N2O. The SMILES string of the molecule is C[C@H](N[C@H]1CCC[C@@H](C(F)(F)F)C1)C(=O)N1CCCCC1. The van der Waals surface area contributed by atoms with Gasteiger partial charge in [0.25, 0.3) is 0 Å². The lowest BCUT2D eigenvalue weighted by Gasteiger charge is -2.34. The van der Waals surface area contributed by atoms with E-state index < -0.39 is 12.1 Å². The number of carbonyl (C=O) groups excluding carboxylic acids is 1. The van der Waals surface area contributed by atoms with Gasteiger partial charge in [0.2, 0.25) is 5.91 Å².